The predicted octanol–water partition coefficient (Wildman–Crippen LogP) is 4.33. The van der Waals surface area contributed by atoms with Gasteiger partial charge in [0.2, 0.25) is 0 Å². The minimum absolute atomic E-state index is 0.0752. The maximum absolute atomic E-state index is 12.8. The summed E-state index contributed by atoms with van der Waals surface area (Å²) in [4.78, 5) is 23.9. The molecule has 2 saturated carbocycles. The normalized spacial score (nSPS) is 25.5. The molecular formula is C21H23F2NO4. The van der Waals surface area contributed by atoms with Crippen LogP contribution in [0.2, 0.25) is 0 Å². The highest BCUT2D eigenvalue weighted by molar-refractivity contribution is 6.02. The van der Waals surface area contributed by atoms with Crippen LogP contribution in [0.4, 0.5) is 8.78 Å². The number of ether oxygens (including phenoxy) is 2. The molecule has 1 aromatic rings. The number of halogens is 2. The second-order valence-electron chi connectivity index (χ2n) is 7.59. The van der Waals surface area contributed by atoms with Crippen LogP contribution >= 0.6 is 0 Å². The number of hydrogen-bond acceptors (Lipinski definition) is 5. The molecule has 0 heterocycles. The topological polar surface area (TPSA) is 76.4 Å². The third kappa shape index (κ3) is 4.16. The summed E-state index contributed by atoms with van der Waals surface area (Å²) in [6.07, 6.45) is 4.13. The highest BCUT2D eigenvalue weighted by atomic mass is 19.3. The number of carbonyl (C=O) groups is 2. The molecule has 0 aliphatic heterocycles. The van der Waals surface area contributed by atoms with Crippen LogP contribution in [0.1, 0.15) is 57.4 Å². The molecule has 28 heavy (non-hydrogen) atoms. The molecule has 2 aliphatic rings. The molecule has 0 bridgehead atoms. The molecule has 0 N–H and O–H groups in total. The van der Waals surface area contributed by atoms with Crippen molar-refractivity contribution in [1.29, 1.82) is 5.26 Å². The maximum atomic E-state index is 12.8. The number of benzene rings is 1. The van der Waals surface area contributed by atoms with E-state index in [9.17, 15) is 23.6 Å². The first-order valence-electron chi connectivity index (χ1n) is 9.55. The van der Waals surface area contributed by atoms with Crippen LogP contribution in [0.3, 0.4) is 0 Å². The molecular weight excluding hydrogens is 368 g/mol. The van der Waals surface area contributed by atoms with E-state index in [4.69, 9.17) is 4.74 Å². The van der Waals surface area contributed by atoms with Gasteiger partial charge in [-0.25, -0.2) is 0 Å². The van der Waals surface area contributed by atoms with Gasteiger partial charge < -0.3 is 9.47 Å². The largest absolute Gasteiger partial charge is 0.487 e. The molecule has 0 aromatic heterocycles. The Kier molecular flexibility index (Phi) is 5.97. The number of alkyl halides is 2. The lowest BCUT2D eigenvalue weighted by atomic mass is 9.65. The van der Waals surface area contributed by atoms with Gasteiger partial charge in [-0.15, -0.1) is 0 Å². The van der Waals surface area contributed by atoms with Crippen molar-refractivity contribution in [3.63, 3.8) is 0 Å². The molecule has 2 unspecified atom stereocenters. The average Bonchev–Trinajstić information content (AvgIpc) is 3.16. The number of hydrogen-bond donors (Lipinski definition) is 0. The van der Waals surface area contributed by atoms with E-state index in [0.29, 0.717) is 5.56 Å². The van der Waals surface area contributed by atoms with Gasteiger partial charge in [0.05, 0.1) is 23.5 Å². The third-order valence-corrected chi connectivity index (χ3v) is 5.75. The molecule has 5 nitrogen and oxygen atoms in total. The first-order valence-corrected chi connectivity index (χ1v) is 9.55. The quantitative estimate of drug-likeness (QED) is 0.675. The number of carbonyl (C=O) groups excluding carboxylic acids is 2. The van der Waals surface area contributed by atoms with Crippen LogP contribution in [-0.4, -0.2) is 24.3 Å². The van der Waals surface area contributed by atoms with Gasteiger partial charge in [0.25, 0.3) is 0 Å². The summed E-state index contributed by atoms with van der Waals surface area (Å²) in [5.41, 5.74) is -0.482. The molecule has 0 spiro atoms. The van der Waals surface area contributed by atoms with Crippen LogP contribution in [0.5, 0.6) is 11.5 Å². The standard InChI is InChI=1S/C21H23F2NO4/c1-13(25)16-11-21(12-24,9-8-17(16)26)14-6-7-18(28-20(22)23)19(10-14)27-15-4-2-3-5-15/h6-7,10,15-16,20H,2-5,8-9,11H2,1H3. The van der Waals surface area contributed by atoms with Crippen LogP contribution in [0.15, 0.2) is 18.2 Å². The smallest absolute Gasteiger partial charge is 0.387 e. The molecule has 0 saturated heterocycles. The number of ketones is 2. The zero-order valence-corrected chi connectivity index (χ0v) is 15.7. The summed E-state index contributed by atoms with van der Waals surface area (Å²) in [5, 5.41) is 9.91. The van der Waals surface area contributed by atoms with E-state index in [1.165, 1.54) is 13.0 Å². The second kappa shape index (κ2) is 8.26. The third-order valence-electron chi connectivity index (χ3n) is 5.75. The lowest BCUT2D eigenvalue weighted by Gasteiger charge is -2.34. The highest BCUT2D eigenvalue weighted by Gasteiger charge is 2.44. The van der Waals surface area contributed by atoms with E-state index in [0.717, 1.165) is 25.7 Å². The van der Waals surface area contributed by atoms with Gasteiger partial charge in [-0.05, 0) is 63.1 Å². The number of nitrogens with zero attached hydrogens (tertiary/aromatic N) is 1. The van der Waals surface area contributed by atoms with Crippen molar-refractivity contribution in [1.82, 2.24) is 0 Å². The molecule has 2 fully saturated rings. The fraction of sp³-hybridized carbons (Fsp3) is 0.571. The lowest BCUT2D eigenvalue weighted by molar-refractivity contribution is -0.134. The fourth-order valence-electron chi connectivity index (χ4n) is 4.15. The highest BCUT2D eigenvalue weighted by Crippen LogP contribution is 2.44. The SMILES string of the molecule is CC(=O)C1CC(C#N)(c2ccc(OC(F)F)c(OC3CCCC3)c2)CCC1=O. The van der Waals surface area contributed by atoms with Gasteiger partial charge in [0.15, 0.2) is 11.5 Å². The Morgan fingerprint density at radius 2 is 2.00 bits per heavy atom. The van der Waals surface area contributed by atoms with Gasteiger partial charge in [-0.1, -0.05) is 6.07 Å². The zero-order chi connectivity index (χ0) is 20.3. The molecule has 7 heteroatoms. The number of Topliss-reactive ketones (excluding diaryl/α,β-unsaturated/α-hetero) is 2. The first-order chi connectivity index (χ1) is 13.3. The zero-order valence-electron chi connectivity index (χ0n) is 15.7. The summed E-state index contributed by atoms with van der Waals surface area (Å²) in [6, 6.07) is 6.76. The Labute approximate surface area is 162 Å². The number of nitriles is 1. The Hall–Kier alpha value is -2.49. The summed E-state index contributed by atoms with van der Waals surface area (Å²) in [5.74, 6) is -1.13. The van der Waals surface area contributed by atoms with E-state index < -0.39 is 17.9 Å². The maximum Gasteiger partial charge on any atom is 0.387 e. The van der Waals surface area contributed by atoms with Gasteiger partial charge in [0, 0.05) is 6.42 Å². The lowest BCUT2D eigenvalue weighted by Crippen LogP contribution is -2.39. The van der Waals surface area contributed by atoms with Crippen molar-refractivity contribution in [2.45, 2.75) is 70.0 Å². The summed E-state index contributed by atoms with van der Waals surface area (Å²) < 4.78 is 36.1. The summed E-state index contributed by atoms with van der Waals surface area (Å²) in [6.45, 7) is -1.64. The minimum atomic E-state index is -2.99. The monoisotopic (exact) mass is 391 g/mol. The van der Waals surface area contributed by atoms with Crippen molar-refractivity contribution in [2.75, 3.05) is 0 Å². The van der Waals surface area contributed by atoms with E-state index in [1.54, 1.807) is 12.1 Å². The molecule has 1 aromatic carbocycles. The Bertz CT molecular complexity index is 798. The van der Waals surface area contributed by atoms with Crippen LogP contribution < -0.4 is 9.47 Å². The van der Waals surface area contributed by atoms with E-state index >= 15 is 0 Å². The molecule has 150 valence electrons. The van der Waals surface area contributed by atoms with Crippen molar-refractivity contribution in [3.05, 3.63) is 23.8 Å². The van der Waals surface area contributed by atoms with Crippen LogP contribution in [0.25, 0.3) is 0 Å². The van der Waals surface area contributed by atoms with E-state index in [1.807, 2.05) is 0 Å². The van der Waals surface area contributed by atoms with Gasteiger partial charge in [0.1, 0.15) is 11.6 Å². The molecule has 3 rings (SSSR count). The molecule has 2 aliphatic carbocycles. The minimum Gasteiger partial charge on any atom is -0.487 e. The van der Waals surface area contributed by atoms with Crippen molar-refractivity contribution in [3.8, 4) is 17.6 Å². The van der Waals surface area contributed by atoms with Crippen molar-refractivity contribution in [2.24, 2.45) is 5.92 Å². The Morgan fingerprint density at radius 1 is 1.29 bits per heavy atom. The molecule has 2 atom stereocenters. The van der Waals surface area contributed by atoms with Crippen molar-refractivity contribution < 1.29 is 27.8 Å². The average molecular weight is 391 g/mol. The predicted molar refractivity (Wildman–Crippen MR) is 96.3 cm³/mol. The van der Waals surface area contributed by atoms with Gasteiger partial charge >= 0.3 is 6.61 Å². The second-order valence-corrected chi connectivity index (χ2v) is 7.59. The molecule has 0 radical (unpaired) electrons. The Balaban J connectivity index is 1.96. The fourth-order valence-corrected chi connectivity index (χ4v) is 4.15. The summed E-state index contributed by atoms with van der Waals surface area (Å²) >= 11 is 0. The van der Waals surface area contributed by atoms with Crippen molar-refractivity contribution >= 4 is 11.6 Å². The van der Waals surface area contributed by atoms with Gasteiger partial charge in [-0.2, -0.15) is 14.0 Å². The molecule has 0 amide bonds. The van der Waals surface area contributed by atoms with E-state index in [-0.39, 0.29) is 48.4 Å². The Morgan fingerprint density at radius 3 is 2.61 bits per heavy atom. The van der Waals surface area contributed by atoms with Gasteiger partial charge in [-0.3, -0.25) is 9.59 Å². The van der Waals surface area contributed by atoms with Crippen LogP contribution in [0, 0.1) is 17.2 Å². The summed E-state index contributed by atoms with van der Waals surface area (Å²) in [7, 11) is 0. The number of rotatable bonds is 6. The van der Waals surface area contributed by atoms with Crippen LogP contribution in [-0.2, 0) is 15.0 Å². The van der Waals surface area contributed by atoms with E-state index in [2.05, 4.69) is 10.8 Å². The first kappa shape index (κ1) is 20.2.